The van der Waals surface area contributed by atoms with Crippen LogP contribution in [0.4, 0.5) is 0 Å². The van der Waals surface area contributed by atoms with E-state index in [2.05, 4.69) is 42.9 Å². The first-order valence-corrected chi connectivity index (χ1v) is 8.71. The van der Waals surface area contributed by atoms with Crippen molar-refractivity contribution < 1.29 is 0 Å². The second-order valence-electron chi connectivity index (χ2n) is 7.22. The highest BCUT2D eigenvalue weighted by Gasteiger charge is 2.27. The Morgan fingerprint density at radius 3 is 2.24 bits per heavy atom. The molecule has 2 aliphatic rings. The largest absolute Gasteiger partial charge is 0.349 e. The van der Waals surface area contributed by atoms with E-state index in [-0.39, 0.29) is 0 Å². The molecular formula is C17H34N4. The summed E-state index contributed by atoms with van der Waals surface area (Å²) in [4.78, 5) is 11.8. The molecule has 0 aromatic carbocycles. The number of hydrogen-bond acceptors (Lipinski definition) is 2. The smallest absolute Gasteiger partial charge is 0.195 e. The molecule has 0 amide bonds. The molecule has 0 bridgehead atoms. The third kappa shape index (κ3) is 4.87. The van der Waals surface area contributed by atoms with Crippen molar-refractivity contribution in [3.63, 3.8) is 0 Å². The van der Waals surface area contributed by atoms with Crippen molar-refractivity contribution in [1.29, 1.82) is 0 Å². The maximum atomic E-state index is 4.87. The quantitative estimate of drug-likeness (QED) is 0.587. The normalized spacial score (nSPS) is 24.1. The first-order chi connectivity index (χ1) is 10.1. The first-order valence-electron chi connectivity index (χ1n) is 8.71. The van der Waals surface area contributed by atoms with Crippen LogP contribution in [-0.2, 0) is 0 Å². The Hall–Kier alpha value is -0.770. The zero-order chi connectivity index (χ0) is 15.2. The van der Waals surface area contributed by atoms with E-state index in [0.717, 1.165) is 18.4 Å². The molecule has 1 aliphatic carbocycles. The molecule has 1 atom stereocenters. The van der Waals surface area contributed by atoms with E-state index >= 15 is 0 Å². The van der Waals surface area contributed by atoms with Crippen LogP contribution in [0.25, 0.3) is 0 Å². The monoisotopic (exact) mass is 294 g/mol. The van der Waals surface area contributed by atoms with Crippen LogP contribution in [0.15, 0.2) is 4.99 Å². The molecule has 21 heavy (non-hydrogen) atoms. The predicted octanol–water partition coefficient (Wildman–Crippen LogP) is 2.51. The summed E-state index contributed by atoms with van der Waals surface area (Å²) < 4.78 is 0. The second-order valence-corrected chi connectivity index (χ2v) is 7.22. The molecule has 0 spiro atoms. The average Bonchev–Trinajstić information content (AvgIpc) is 2.87. The summed E-state index contributed by atoms with van der Waals surface area (Å²) in [6.45, 7) is 3.56. The van der Waals surface area contributed by atoms with Crippen LogP contribution in [0.3, 0.4) is 0 Å². The van der Waals surface area contributed by atoms with Gasteiger partial charge in [-0.25, -0.2) is 0 Å². The van der Waals surface area contributed by atoms with Crippen LogP contribution in [0.2, 0.25) is 0 Å². The van der Waals surface area contributed by atoms with Crippen molar-refractivity contribution in [2.24, 2.45) is 10.9 Å². The van der Waals surface area contributed by atoms with Crippen LogP contribution in [0, 0.1) is 5.92 Å². The molecular weight excluding hydrogens is 260 g/mol. The lowest BCUT2D eigenvalue weighted by Crippen LogP contribution is -2.39. The molecule has 1 unspecified atom stereocenters. The van der Waals surface area contributed by atoms with Crippen LogP contribution in [-0.4, -0.2) is 74.5 Å². The van der Waals surface area contributed by atoms with Gasteiger partial charge in [-0.3, -0.25) is 9.89 Å². The van der Waals surface area contributed by atoms with E-state index < -0.39 is 0 Å². The molecule has 0 aromatic rings. The number of aliphatic imine (C=N–C) groups is 1. The van der Waals surface area contributed by atoms with E-state index in [4.69, 9.17) is 4.99 Å². The van der Waals surface area contributed by atoms with Crippen LogP contribution < -0.4 is 0 Å². The number of guanidine groups is 1. The fourth-order valence-electron chi connectivity index (χ4n) is 3.91. The Bertz CT molecular complexity index is 322. The minimum absolute atomic E-state index is 0.668. The molecule has 1 saturated carbocycles. The van der Waals surface area contributed by atoms with Gasteiger partial charge in [0.2, 0.25) is 0 Å². The van der Waals surface area contributed by atoms with Crippen molar-refractivity contribution >= 4 is 5.96 Å². The topological polar surface area (TPSA) is 22.1 Å². The zero-order valence-electron chi connectivity index (χ0n) is 14.5. The highest BCUT2D eigenvalue weighted by molar-refractivity contribution is 5.79. The summed E-state index contributed by atoms with van der Waals surface area (Å²) in [5.74, 6) is 2.03. The highest BCUT2D eigenvalue weighted by atomic mass is 15.3. The van der Waals surface area contributed by atoms with Crippen LogP contribution in [0.5, 0.6) is 0 Å². The van der Waals surface area contributed by atoms with Gasteiger partial charge in [0.05, 0.1) is 6.54 Å². The standard InChI is InChI=1S/C17H34N4/c1-19(2)17(20(3)4)18-13-16-11-8-12-21(16)14-15-9-6-5-7-10-15/h15-16H,5-14H2,1-4H3. The van der Waals surface area contributed by atoms with Crippen molar-refractivity contribution in [3.8, 4) is 0 Å². The fraction of sp³-hybridized carbons (Fsp3) is 0.941. The van der Waals surface area contributed by atoms with Crippen molar-refractivity contribution in [2.45, 2.75) is 51.0 Å². The van der Waals surface area contributed by atoms with Crippen LogP contribution in [0.1, 0.15) is 44.9 Å². The Labute approximate surface area is 131 Å². The lowest BCUT2D eigenvalue weighted by molar-refractivity contribution is 0.190. The van der Waals surface area contributed by atoms with E-state index in [1.54, 1.807) is 0 Å². The minimum atomic E-state index is 0.668. The lowest BCUT2D eigenvalue weighted by atomic mass is 9.89. The molecule has 0 N–H and O–H groups in total. The summed E-state index contributed by atoms with van der Waals surface area (Å²) in [5.41, 5.74) is 0. The molecule has 4 heteroatoms. The first kappa shape index (κ1) is 16.6. The SMILES string of the molecule is CN(C)C(=NCC1CCCN1CC1CCCCC1)N(C)C. The number of hydrogen-bond donors (Lipinski definition) is 0. The predicted molar refractivity (Wildman–Crippen MR) is 90.8 cm³/mol. The van der Waals surface area contributed by atoms with Gasteiger partial charge in [-0.05, 0) is 38.1 Å². The number of rotatable bonds is 4. The highest BCUT2D eigenvalue weighted by Crippen LogP contribution is 2.27. The molecule has 1 aliphatic heterocycles. The summed E-state index contributed by atoms with van der Waals surface area (Å²) in [7, 11) is 8.31. The zero-order valence-corrected chi connectivity index (χ0v) is 14.5. The maximum absolute atomic E-state index is 4.87. The fourth-order valence-corrected chi connectivity index (χ4v) is 3.91. The van der Waals surface area contributed by atoms with E-state index in [0.29, 0.717) is 6.04 Å². The van der Waals surface area contributed by atoms with E-state index in [1.165, 1.54) is 58.0 Å². The molecule has 2 fully saturated rings. The van der Waals surface area contributed by atoms with Crippen molar-refractivity contribution in [3.05, 3.63) is 0 Å². The molecule has 0 radical (unpaired) electrons. The molecule has 0 aromatic heterocycles. The maximum Gasteiger partial charge on any atom is 0.195 e. The average molecular weight is 294 g/mol. The summed E-state index contributed by atoms with van der Waals surface area (Å²) in [6, 6.07) is 0.668. The summed E-state index contributed by atoms with van der Waals surface area (Å²) in [6.07, 6.45) is 9.94. The Morgan fingerprint density at radius 1 is 0.952 bits per heavy atom. The van der Waals surface area contributed by atoms with Gasteiger partial charge in [0.25, 0.3) is 0 Å². The second kappa shape index (κ2) is 8.02. The van der Waals surface area contributed by atoms with Gasteiger partial charge >= 0.3 is 0 Å². The molecule has 4 nitrogen and oxygen atoms in total. The summed E-state index contributed by atoms with van der Waals surface area (Å²) in [5, 5.41) is 0. The Morgan fingerprint density at radius 2 is 1.62 bits per heavy atom. The van der Waals surface area contributed by atoms with Gasteiger partial charge in [0, 0.05) is 40.8 Å². The number of nitrogens with zero attached hydrogens (tertiary/aromatic N) is 4. The van der Waals surface area contributed by atoms with Gasteiger partial charge in [-0.2, -0.15) is 0 Å². The minimum Gasteiger partial charge on any atom is -0.349 e. The Kier molecular flexibility index (Phi) is 6.34. The van der Waals surface area contributed by atoms with Gasteiger partial charge in [-0.15, -0.1) is 0 Å². The van der Waals surface area contributed by atoms with Crippen molar-refractivity contribution in [1.82, 2.24) is 14.7 Å². The van der Waals surface area contributed by atoms with E-state index in [9.17, 15) is 0 Å². The van der Waals surface area contributed by atoms with Gasteiger partial charge in [0.15, 0.2) is 5.96 Å². The third-order valence-corrected chi connectivity index (χ3v) is 4.96. The van der Waals surface area contributed by atoms with Gasteiger partial charge in [-0.1, -0.05) is 19.3 Å². The molecule has 1 saturated heterocycles. The van der Waals surface area contributed by atoms with Gasteiger partial charge in [0.1, 0.15) is 0 Å². The van der Waals surface area contributed by atoms with E-state index in [1.807, 2.05) is 0 Å². The lowest BCUT2D eigenvalue weighted by Gasteiger charge is -2.31. The molecule has 122 valence electrons. The molecule has 2 rings (SSSR count). The molecule has 1 heterocycles. The van der Waals surface area contributed by atoms with Gasteiger partial charge < -0.3 is 9.80 Å². The Balaban J connectivity index is 1.87. The van der Waals surface area contributed by atoms with Crippen LogP contribution >= 0.6 is 0 Å². The number of likely N-dealkylation sites (tertiary alicyclic amines) is 1. The summed E-state index contributed by atoms with van der Waals surface area (Å²) >= 11 is 0. The van der Waals surface area contributed by atoms with Crippen molar-refractivity contribution in [2.75, 3.05) is 47.8 Å². The third-order valence-electron chi connectivity index (χ3n) is 4.96.